The number of hydrogen-bond donors (Lipinski definition) is 1. The number of nitrogens with one attached hydrogen (secondary N) is 1. The molecule has 1 aromatic carbocycles. The molecule has 0 spiro atoms. The van der Waals surface area contributed by atoms with Crippen molar-refractivity contribution in [1.82, 2.24) is 19.2 Å². The molecular weight excluding hydrogens is 338 g/mol. The fourth-order valence-electron chi connectivity index (χ4n) is 3.78. The standard InChI is InChI=1S/C21H25N5O/c1-15-7-4-5-8-18(15)26-20(13-16(2)23-26)22-21(27)14-25-12-11-24-10-6-9-19(24)17(25)3/h4-10,13,17H,11-12,14H2,1-3H3,(H,22,27). The third kappa shape index (κ3) is 3.40. The first kappa shape index (κ1) is 17.5. The van der Waals surface area contributed by atoms with Gasteiger partial charge in [0.25, 0.3) is 0 Å². The summed E-state index contributed by atoms with van der Waals surface area (Å²) in [6, 6.07) is 14.4. The van der Waals surface area contributed by atoms with Crippen LogP contribution in [0.15, 0.2) is 48.7 Å². The Morgan fingerprint density at radius 3 is 2.81 bits per heavy atom. The van der Waals surface area contributed by atoms with Crippen LogP contribution in [0.5, 0.6) is 0 Å². The number of hydrogen-bond acceptors (Lipinski definition) is 3. The number of nitrogens with zero attached hydrogens (tertiary/aromatic N) is 4. The number of anilines is 1. The minimum Gasteiger partial charge on any atom is -0.349 e. The first-order valence-electron chi connectivity index (χ1n) is 9.34. The largest absolute Gasteiger partial charge is 0.349 e. The summed E-state index contributed by atoms with van der Waals surface area (Å²) < 4.78 is 4.07. The van der Waals surface area contributed by atoms with Crippen molar-refractivity contribution >= 4 is 11.7 Å². The SMILES string of the molecule is Cc1cc(NC(=O)CN2CCn3cccc3C2C)n(-c2ccccc2C)n1. The van der Waals surface area contributed by atoms with Gasteiger partial charge < -0.3 is 9.88 Å². The van der Waals surface area contributed by atoms with Gasteiger partial charge in [-0.1, -0.05) is 18.2 Å². The van der Waals surface area contributed by atoms with Crippen molar-refractivity contribution in [3.8, 4) is 5.69 Å². The van der Waals surface area contributed by atoms with Gasteiger partial charge in [-0.25, -0.2) is 4.68 Å². The topological polar surface area (TPSA) is 55.1 Å². The molecule has 6 heteroatoms. The van der Waals surface area contributed by atoms with Crippen LogP contribution in [0.2, 0.25) is 0 Å². The van der Waals surface area contributed by atoms with Gasteiger partial charge in [0.15, 0.2) is 0 Å². The predicted molar refractivity (Wildman–Crippen MR) is 106 cm³/mol. The van der Waals surface area contributed by atoms with Crippen molar-refractivity contribution in [2.45, 2.75) is 33.4 Å². The van der Waals surface area contributed by atoms with E-state index in [-0.39, 0.29) is 11.9 Å². The highest BCUT2D eigenvalue weighted by Gasteiger charge is 2.25. The second-order valence-corrected chi connectivity index (χ2v) is 7.19. The van der Waals surface area contributed by atoms with E-state index in [4.69, 9.17) is 0 Å². The molecule has 0 fully saturated rings. The monoisotopic (exact) mass is 363 g/mol. The third-order valence-electron chi connectivity index (χ3n) is 5.26. The van der Waals surface area contributed by atoms with Crippen LogP contribution in [0.25, 0.3) is 5.69 Å². The van der Waals surface area contributed by atoms with Crippen LogP contribution >= 0.6 is 0 Å². The van der Waals surface area contributed by atoms with Crippen molar-refractivity contribution in [2.24, 2.45) is 0 Å². The minimum absolute atomic E-state index is 0.0170. The summed E-state index contributed by atoms with van der Waals surface area (Å²) in [6.45, 7) is 8.28. The molecule has 0 radical (unpaired) electrons. The smallest absolute Gasteiger partial charge is 0.239 e. The number of aryl methyl sites for hydroxylation is 2. The Hall–Kier alpha value is -2.86. The van der Waals surface area contributed by atoms with Gasteiger partial charge in [-0.2, -0.15) is 5.10 Å². The van der Waals surface area contributed by atoms with Gasteiger partial charge in [-0.05, 0) is 44.5 Å². The van der Waals surface area contributed by atoms with E-state index in [2.05, 4.69) is 45.1 Å². The lowest BCUT2D eigenvalue weighted by molar-refractivity contribution is -0.118. The highest BCUT2D eigenvalue weighted by Crippen LogP contribution is 2.25. The molecule has 4 rings (SSSR count). The van der Waals surface area contributed by atoms with E-state index < -0.39 is 0 Å². The molecule has 2 aromatic heterocycles. The molecule has 0 aliphatic carbocycles. The molecule has 1 aliphatic heterocycles. The van der Waals surface area contributed by atoms with Crippen LogP contribution in [-0.2, 0) is 11.3 Å². The fraction of sp³-hybridized carbons (Fsp3) is 0.333. The Morgan fingerprint density at radius 2 is 2.00 bits per heavy atom. The molecule has 0 saturated heterocycles. The molecule has 3 heterocycles. The molecule has 1 amide bonds. The molecule has 140 valence electrons. The van der Waals surface area contributed by atoms with Crippen LogP contribution in [0.3, 0.4) is 0 Å². The van der Waals surface area contributed by atoms with Gasteiger partial charge in [0.05, 0.1) is 17.9 Å². The maximum atomic E-state index is 12.8. The van der Waals surface area contributed by atoms with Crippen molar-refractivity contribution in [3.63, 3.8) is 0 Å². The summed E-state index contributed by atoms with van der Waals surface area (Å²) in [4.78, 5) is 15.0. The van der Waals surface area contributed by atoms with Gasteiger partial charge in [-0.15, -0.1) is 0 Å². The highest BCUT2D eigenvalue weighted by atomic mass is 16.2. The van der Waals surface area contributed by atoms with Crippen LogP contribution in [-0.4, -0.2) is 38.2 Å². The zero-order chi connectivity index (χ0) is 19.0. The summed E-state index contributed by atoms with van der Waals surface area (Å²) in [6.07, 6.45) is 2.10. The molecule has 3 aromatic rings. The first-order chi connectivity index (χ1) is 13.0. The van der Waals surface area contributed by atoms with Crippen molar-refractivity contribution in [3.05, 3.63) is 65.6 Å². The van der Waals surface area contributed by atoms with Gasteiger partial charge in [-0.3, -0.25) is 9.69 Å². The number of carbonyl (C=O) groups is 1. The van der Waals surface area contributed by atoms with E-state index in [1.54, 1.807) is 0 Å². The third-order valence-corrected chi connectivity index (χ3v) is 5.26. The Bertz CT molecular complexity index is 971. The van der Waals surface area contributed by atoms with Crippen LogP contribution in [0, 0.1) is 13.8 Å². The Labute approximate surface area is 159 Å². The summed E-state index contributed by atoms with van der Waals surface area (Å²) in [5.74, 6) is 0.691. The second kappa shape index (κ2) is 7.04. The quantitative estimate of drug-likeness (QED) is 0.774. The second-order valence-electron chi connectivity index (χ2n) is 7.19. The lowest BCUT2D eigenvalue weighted by Gasteiger charge is -2.34. The minimum atomic E-state index is -0.0170. The molecule has 0 bridgehead atoms. The Morgan fingerprint density at radius 1 is 1.19 bits per heavy atom. The van der Waals surface area contributed by atoms with Gasteiger partial charge >= 0.3 is 0 Å². The summed E-state index contributed by atoms with van der Waals surface area (Å²) in [5.41, 5.74) is 4.22. The summed E-state index contributed by atoms with van der Waals surface area (Å²) in [7, 11) is 0. The van der Waals surface area contributed by atoms with E-state index in [9.17, 15) is 4.79 Å². The molecule has 1 aliphatic rings. The molecular formula is C21H25N5O. The van der Waals surface area contributed by atoms with Gasteiger partial charge in [0, 0.05) is 37.1 Å². The number of fused-ring (bicyclic) bond motifs is 1. The first-order valence-corrected chi connectivity index (χ1v) is 9.34. The highest BCUT2D eigenvalue weighted by molar-refractivity contribution is 5.91. The number of rotatable bonds is 4. The average Bonchev–Trinajstić information content (AvgIpc) is 3.25. The summed E-state index contributed by atoms with van der Waals surface area (Å²) >= 11 is 0. The lowest BCUT2D eigenvalue weighted by atomic mass is 10.1. The van der Waals surface area contributed by atoms with Crippen LogP contribution in [0.1, 0.15) is 29.9 Å². The van der Waals surface area contributed by atoms with Crippen LogP contribution < -0.4 is 5.32 Å². The zero-order valence-corrected chi connectivity index (χ0v) is 16.0. The number of para-hydroxylation sites is 1. The molecule has 27 heavy (non-hydrogen) atoms. The maximum Gasteiger partial charge on any atom is 0.239 e. The van der Waals surface area contributed by atoms with Crippen molar-refractivity contribution in [2.75, 3.05) is 18.4 Å². The molecule has 1 atom stereocenters. The van der Waals surface area contributed by atoms with E-state index in [0.29, 0.717) is 12.4 Å². The number of amides is 1. The van der Waals surface area contributed by atoms with E-state index in [1.165, 1.54) is 5.69 Å². The number of carbonyl (C=O) groups excluding carboxylic acids is 1. The Kier molecular flexibility index (Phi) is 4.58. The van der Waals surface area contributed by atoms with E-state index >= 15 is 0 Å². The molecule has 1 unspecified atom stereocenters. The van der Waals surface area contributed by atoms with Crippen molar-refractivity contribution in [1.29, 1.82) is 0 Å². The van der Waals surface area contributed by atoms with Gasteiger partial charge in [0.1, 0.15) is 5.82 Å². The number of aromatic nitrogens is 3. The lowest BCUT2D eigenvalue weighted by Crippen LogP contribution is -2.41. The zero-order valence-electron chi connectivity index (χ0n) is 16.0. The van der Waals surface area contributed by atoms with E-state index in [0.717, 1.165) is 30.0 Å². The average molecular weight is 363 g/mol. The Balaban J connectivity index is 1.50. The maximum absolute atomic E-state index is 12.8. The fourth-order valence-corrected chi connectivity index (χ4v) is 3.78. The summed E-state index contributed by atoms with van der Waals surface area (Å²) in [5, 5.41) is 7.62. The predicted octanol–water partition coefficient (Wildman–Crippen LogP) is 3.31. The van der Waals surface area contributed by atoms with E-state index in [1.807, 2.05) is 48.9 Å². The molecule has 6 nitrogen and oxygen atoms in total. The van der Waals surface area contributed by atoms with Gasteiger partial charge in [0.2, 0.25) is 5.91 Å². The van der Waals surface area contributed by atoms with Crippen LogP contribution in [0.4, 0.5) is 5.82 Å². The van der Waals surface area contributed by atoms with Crippen molar-refractivity contribution < 1.29 is 4.79 Å². The molecule has 1 N–H and O–H groups in total. The molecule has 0 saturated carbocycles. The number of benzene rings is 1. The normalized spacial score (nSPS) is 16.9.